The van der Waals surface area contributed by atoms with Gasteiger partial charge in [-0.05, 0) is 30.7 Å². The van der Waals surface area contributed by atoms with E-state index in [9.17, 15) is 12.8 Å². The summed E-state index contributed by atoms with van der Waals surface area (Å²) in [6, 6.07) is 20.5. The van der Waals surface area contributed by atoms with Crippen molar-refractivity contribution in [2.75, 3.05) is 23.1 Å². The molecule has 0 radical (unpaired) electrons. The van der Waals surface area contributed by atoms with Gasteiger partial charge in [0.2, 0.25) is 21.9 Å². The second-order valence-corrected chi connectivity index (χ2v) is 12.3. The summed E-state index contributed by atoms with van der Waals surface area (Å²) in [5, 5.41) is 7.06. The van der Waals surface area contributed by atoms with E-state index in [0.717, 1.165) is 0 Å². The normalized spacial score (nSPS) is 16.9. The standard InChI is InChI=1S/C32H30F2N6O3S/c1-20-28(34)29(40-44(41,42)19-21-8-3-2-4-9-21)24-10-5-6-11-25(24)30(20)43-31-26(12-7-14-36-31)27-13-15-37-32(39-27)38-23-16-22(33)17-35-18-23/h2-15,22-23,35,40H,16-19H2,1H3,(H,37,38,39)/t22-,23-/m0/s1. The number of piperidine rings is 1. The second kappa shape index (κ2) is 12.5. The van der Waals surface area contributed by atoms with Gasteiger partial charge in [0.25, 0.3) is 0 Å². The van der Waals surface area contributed by atoms with Crippen LogP contribution < -0.4 is 20.1 Å². The average Bonchev–Trinajstić information content (AvgIpc) is 3.02. The van der Waals surface area contributed by atoms with Gasteiger partial charge in [-0.1, -0.05) is 54.6 Å². The molecule has 3 heterocycles. The van der Waals surface area contributed by atoms with Gasteiger partial charge in [-0.25, -0.2) is 32.2 Å². The summed E-state index contributed by atoms with van der Waals surface area (Å²) in [6.45, 7) is 2.44. The van der Waals surface area contributed by atoms with Crippen molar-refractivity contribution in [2.24, 2.45) is 0 Å². The minimum absolute atomic E-state index is 0.105. The predicted molar refractivity (Wildman–Crippen MR) is 166 cm³/mol. The van der Waals surface area contributed by atoms with Crippen LogP contribution >= 0.6 is 0 Å². The minimum Gasteiger partial charge on any atom is -0.437 e. The maximum atomic E-state index is 16.0. The maximum Gasteiger partial charge on any atom is 0.237 e. The van der Waals surface area contributed by atoms with Crippen LogP contribution in [-0.2, 0) is 15.8 Å². The number of pyridine rings is 1. The van der Waals surface area contributed by atoms with E-state index >= 15 is 4.39 Å². The number of nitrogens with zero attached hydrogens (tertiary/aromatic N) is 3. The number of alkyl halides is 1. The number of sulfonamides is 1. The zero-order valence-electron chi connectivity index (χ0n) is 23.8. The molecule has 1 aliphatic rings. The van der Waals surface area contributed by atoms with Crippen LogP contribution in [-0.4, -0.2) is 48.7 Å². The van der Waals surface area contributed by atoms with Crippen molar-refractivity contribution in [3.63, 3.8) is 0 Å². The van der Waals surface area contributed by atoms with Crippen molar-refractivity contribution in [3.05, 3.63) is 102 Å². The molecule has 1 fully saturated rings. The second-order valence-electron chi connectivity index (χ2n) is 10.6. The zero-order valence-corrected chi connectivity index (χ0v) is 24.6. The quantitative estimate of drug-likeness (QED) is 0.185. The van der Waals surface area contributed by atoms with E-state index in [1.165, 1.54) is 6.92 Å². The van der Waals surface area contributed by atoms with E-state index in [-0.39, 0.29) is 34.7 Å². The molecule has 12 heteroatoms. The largest absolute Gasteiger partial charge is 0.437 e. The van der Waals surface area contributed by atoms with Crippen LogP contribution in [0.25, 0.3) is 22.0 Å². The molecule has 3 N–H and O–H groups in total. The smallest absolute Gasteiger partial charge is 0.237 e. The Labute approximate surface area is 253 Å². The van der Waals surface area contributed by atoms with Gasteiger partial charge in [0.15, 0.2) is 5.82 Å². The number of ether oxygens (including phenoxy) is 1. The van der Waals surface area contributed by atoms with Crippen molar-refractivity contribution in [1.82, 2.24) is 20.3 Å². The molecule has 0 spiro atoms. The summed E-state index contributed by atoms with van der Waals surface area (Å²) in [4.78, 5) is 13.3. The molecule has 1 saturated heterocycles. The fourth-order valence-corrected chi connectivity index (χ4v) is 6.46. The van der Waals surface area contributed by atoms with Crippen LogP contribution in [0.4, 0.5) is 20.4 Å². The number of aromatic nitrogens is 3. The van der Waals surface area contributed by atoms with Gasteiger partial charge in [-0.15, -0.1) is 0 Å². The van der Waals surface area contributed by atoms with Crippen molar-refractivity contribution in [2.45, 2.75) is 31.3 Å². The summed E-state index contributed by atoms with van der Waals surface area (Å²) < 4.78 is 64.8. The van der Waals surface area contributed by atoms with Crippen LogP contribution in [0.15, 0.2) is 85.2 Å². The Bertz CT molecular complexity index is 1910. The van der Waals surface area contributed by atoms with Crippen LogP contribution in [0, 0.1) is 12.7 Å². The average molecular weight is 617 g/mol. The number of fused-ring (bicyclic) bond motifs is 1. The summed E-state index contributed by atoms with van der Waals surface area (Å²) in [7, 11) is -3.94. The van der Waals surface area contributed by atoms with Crippen LogP contribution in [0.2, 0.25) is 0 Å². The third-order valence-corrected chi connectivity index (χ3v) is 8.55. The molecule has 0 bridgehead atoms. The van der Waals surface area contributed by atoms with E-state index < -0.39 is 22.0 Å². The molecule has 2 atom stereocenters. The third-order valence-electron chi connectivity index (χ3n) is 7.32. The molecule has 9 nitrogen and oxygen atoms in total. The molecular weight excluding hydrogens is 586 g/mol. The lowest BCUT2D eigenvalue weighted by Gasteiger charge is -2.26. The van der Waals surface area contributed by atoms with E-state index in [1.807, 2.05) is 0 Å². The summed E-state index contributed by atoms with van der Waals surface area (Å²) in [6.07, 6.45) is 2.53. The Morgan fingerprint density at radius 2 is 1.73 bits per heavy atom. The summed E-state index contributed by atoms with van der Waals surface area (Å²) in [5.74, 6) is -0.367. The SMILES string of the molecule is Cc1c(F)c(NS(=O)(=O)Cc2ccccc2)c2ccccc2c1Oc1ncccc1-c1ccnc(N[C@@H]2CNC[C@@H](F)C2)n1. The van der Waals surface area contributed by atoms with Crippen molar-refractivity contribution in [3.8, 4) is 22.9 Å². The summed E-state index contributed by atoms with van der Waals surface area (Å²) in [5.41, 5.74) is 1.56. The van der Waals surface area contributed by atoms with Gasteiger partial charge >= 0.3 is 0 Å². The molecule has 0 amide bonds. The van der Waals surface area contributed by atoms with Crippen molar-refractivity contribution >= 4 is 32.4 Å². The molecule has 5 aromatic rings. The first-order valence-electron chi connectivity index (χ1n) is 14.1. The van der Waals surface area contributed by atoms with Crippen LogP contribution in [0.3, 0.4) is 0 Å². The highest BCUT2D eigenvalue weighted by Gasteiger charge is 2.25. The van der Waals surface area contributed by atoms with Gasteiger partial charge in [-0.2, -0.15) is 0 Å². The summed E-state index contributed by atoms with van der Waals surface area (Å²) >= 11 is 0. The highest BCUT2D eigenvalue weighted by Crippen LogP contribution is 2.42. The van der Waals surface area contributed by atoms with Crippen molar-refractivity contribution in [1.29, 1.82) is 0 Å². The lowest BCUT2D eigenvalue weighted by Crippen LogP contribution is -2.44. The number of hydrogen-bond acceptors (Lipinski definition) is 8. The number of benzene rings is 3. The fraction of sp³-hybridized carbons (Fsp3) is 0.219. The Balaban J connectivity index is 1.33. The number of rotatable bonds is 9. The Kier molecular flexibility index (Phi) is 8.36. The van der Waals surface area contributed by atoms with E-state index in [0.29, 0.717) is 53.1 Å². The number of halogens is 2. The van der Waals surface area contributed by atoms with E-state index in [4.69, 9.17) is 4.74 Å². The molecular formula is C32H30F2N6O3S. The first kappa shape index (κ1) is 29.4. The molecule has 0 unspecified atom stereocenters. The van der Waals surface area contributed by atoms with Gasteiger partial charge in [0.05, 0.1) is 22.7 Å². The predicted octanol–water partition coefficient (Wildman–Crippen LogP) is 5.99. The Morgan fingerprint density at radius 1 is 0.955 bits per heavy atom. The zero-order chi connectivity index (χ0) is 30.7. The van der Waals surface area contributed by atoms with Crippen molar-refractivity contribution < 1.29 is 21.9 Å². The third kappa shape index (κ3) is 6.46. The number of hydrogen-bond donors (Lipinski definition) is 3. The maximum absolute atomic E-state index is 16.0. The molecule has 2 aromatic heterocycles. The van der Waals surface area contributed by atoms with Gasteiger partial charge < -0.3 is 15.4 Å². The molecule has 6 rings (SSSR count). The van der Waals surface area contributed by atoms with E-state index in [1.54, 1.807) is 85.2 Å². The van der Waals surface area contributed by atoms with Crippen LogP contribution in [0.1, 0.15) is 17.5 Å². The lowest BCUT2D eigenvalue weighted by atomic mass is 10.0. The first-order chi connectivity index (χ1) is 21.3. The Hall–Kier alpha value is -4.68. The topological polar surface area (TPSA) is 118 Å². The van der Waals surface area contributed by atoms with Gasteiger partial charge in [0.1, 0.15) is 11.9 Å². The molecule has 3 aromatic carbocycles. The molecule has 0 aliphatic carbocycles. The fourth-order valence-electron chi connectivity index (χ4n) is 5.25. The monoisotopic (exact) mass is 616 g/mol. The molecule has 226 valence electrons. The first-order valence-corrected chi connectivity index (χ1v) is 15.8. The number of nitrogens with one attached hydrogen (secondary N) is 3. The van der Waals surface area contributed by atoms with E-state index in [2.05, 4.69) is 30.3 Å². The number of anilines is 2. The molecule has 1 aliphatic heterocycles. The van der Waals surface area contributed by atoms with Gasteiger partial charge in [-0.3, -0.25) is 4.72 Å². The molecule has 0 saturated carbocycles. The molecule has 44 heavy (non-hydrogen) atoms. The highest BCUT2D eigenvalue weighted by molar-refractivity contribution is 7.91. The Morgan fingerprint density at radius 3 is 2.52 bits per heavy atom. The van der Waals surface area contributed by atoms with Crippen LogP contribution in [0.5, 0.6) is 11.6 Å². The lowest BCUT2D eigenvalue weighted by molar-refractivity contribution is 0.254. The van der Waals surface area contributed by atoms with Gasteiger partial charge in [0, 0.05) is 54.3 Å². The minimum atomic E-state index is -3.94. The highest BCUT2D eigenvalue weighted by atomic mass is 32.2.